The Hall–Kier alpha value is -5.14. The number of halogens is 3. The summed E-state index contributed by atoms with van der Waals surface area (Å²) in [4.78, 5) is 55.0. The SMILES string of the molecule is CCC(=O)CCCCC[C@H](NC(=O)Cc1c(C)[nH]c2ccc(OC)cc12)c1[nH]c(-c2ccc(C(=O)O)cc2)c[nH+]1.O=C([O-])C(F)(F)F. The molecule has 0 unspecified atom stereocenters. The first-order chi connectivity index (χ1) is 22.2. The van der Waals surface area contributed by atoms with Gasteiger partial charge in [-0.1, -0.05) is 19.8 Å². The fourth-order valence-corrected chi connectivity index (χ4v) is 4.94. The largest absolute Gasteiger partial charge is 0.542 e. The molecule has 1 atom stereocenters. The van der Waals surface area contributed by atoms with Gasteiger partial charge >= 0.3 is 12.1 Å². The van der Waals surface area contributed by atoms with Crippen LogP contribution < -0.4 is 20.1 Å². The first-order valence-electron chi connectivity index (χ1n) is 14.9. The van der Waals surface area contributed by atoms with Crippen molar-refractivity contribution in [3.63, 3.8) is 0 Å². The molecule has 0 saturated carbocycles. The second kappa shape index (κ2) is 16.4. The van der Waals surface area contributed by atoms with Gasteiger partial charge in [-0.25, -0.2) is 14.8 Å². The Morgan fingerprint density at radius 3 is 2.32 bits per heavy atom. The molecule has 2 heterocycles. The molecule has 0 radical (unpaired) electrons. The Morgan fingerprint density at radius 2 is 1.72 bits per heavy atom. The van der Waals surface area contributed by atoms with E-state index in [1.807, 2.05) is 38.2 Å². The summed E-state index contributed by atoms with van der Waals surface area (Å²) in [6.07, 6.45) is 1.25. The number of aryl methyl sites for hydroxylation is 1. The van der Waals surface area contributed by atoms with E-state index in [1.165, 1.54) is 0 Å². The molecule has 0 bridgehead atoms. The number of Topliss-reactive ketones (excluding diaryl/α,β-unsaturated/α-hetero) is 1. The predicted octanol–water partition coefficient (Wildman–Crippen LogP) is 4.62. The third-order valence-corrected chi connectivity index (χ3v) is 7.51. The van der Waals surface area contributed by atoms with Crippen LogP contribution in [0.15, 0.2) is 48.7 Å². The number of aliphatic carboxylic acids is 1. The van der Waals surface area contributed by atoms with Gasteiger partial charge in [-0.15, -0.1) is 0 Å². The summed E-state index contributed by atoms with van der Waals surface area (Å²) in [7, 11) is 1.62. The zero-order valence-corrected chi connectivity index (χ0v) is 26.2. The molecule has 5 N–H and O–H groups in total. The Bertz CT molecular complexity index is 1690. The van der Waals surface area contributed by atoms with Crippen molar-refractivity contribution in [1.82, 2.24) is 15.3 Å². The predicted molar refractivity (Wildman–Crippen MR) is 163 cm³/mol. The van der Waals surface area contributed by atoms with E-state index in [0.717, 1.165) is 64.3 Å². The number of fused-ring (bicyclic) bond motifs is 1. The van der Waals surface area contributed by atoms with Crippen molar-refractivity contribution >= 4 is 34.5 Å². The summed E-state index contributed by atoms with van der Waals surface area (Å²) in [6.45, 7) is 3.85. The summed E-state index contributed by atoms with van der Waals surface area (Å²) in [5.41, 5.74) is 4.66. The van der Waals surface area contributed by atoms with E-state index >= 15 is 0 Å². The van der Waals surface area contributed by atoms with Crippen molar-refractivity contribution in [2.45, 2.75) is 71.0 Å². The summed E-state index contributed by atoms with van der Waals surface area (Å²) in [5.74, 6) is -2.32. The van der Waals surface area contributed by atoms with Gasteiger partial charge in [0.1, 0.15) is 29.7 Å². The molecule has 0 spiro atoms. The fraction of sp³-hybridized carbons (Fsp3) is 0.364. The Morgan fingerprint density at radius 1 is 1.04 bits per heavy atom. The maximum absolute atomic E-state index is 13.4. The van der Waals surface area contributed by atoms with Crippen molar-refractivity contribution in [2.24, 2.45) is 0 Å². The number of imidazole rings is 1. The van der Waals surface area contributed by atoms with Crippen molar-refractivity contribution in [2.75, 3.05) is 7.11 Å². The molecule has 0 aliphatic carbocycles. The van der Waals surface area contributed by atoms with E-state index in [-0.39, 0.29) is 29.7 Å². The van der Waals surface area contributed by atoms with Crippen LogP contribution in [0.25, 0.3) is 22.2 Å². The number of nitrogens with one attached hydrogen (secondary N) is 4. The lowest BCUT2D eigenvalue weighted by Gasteiger charge is -2.14. The highest BCUT2D eigenvalue weighted by atomic mass is 19.4. The van der Waals surface area contributed by atoms with Crippen LogP contribution in [0.3, 0.4) is 0 Å². The normalized spacial score (nSPS) is 11.8. The standard InChI is InChI=1S/C31H36N4O5.C2HF3O2/c1-4-22(36)8-6-5-7-9-27(30-32-18-28(35-30)20-10-12-21(13-11-20)31(38)39)34-29(37)17-24-19(2)33-26-15-14-23(40-3)16-25(24)26;3-2(4,5)1(6)7/h10-16,18,27,33H,4-9,17H2,1-3H3,(H,32,35)(H,34,37)(H,38,39);(H,6,7)/t27-;/m0./s1. The summed E-state index contributed by atoms with van der Waals surface area (Å²) >= 11 is 0. The molecule has 1 amide bonds. The first-order valence-corrected chi connectivity index (χ1v) is 14.9. The van der Waals surface area contributed by atoms with Crippen molar-refractivity contribution < 1.29 is 52.3 Å². The number of rotatable bonds is 14. The maximum atomic E-state index is 13.4. The van der Waals surface area contributed by atoms with Crippen molar-refractivity contribution in [1.29, 1.82) is 0 Å². The van der Waals surface area contributed by atoms with Crippen LogP contribution in [0.5, 0.6) is 5.75 Å². The molecule has 11 nitrogen and oxygen atoms in total. The number of H-pyrrole nitrogens is 3. The number of benzene rings is 2. The maximum Gasteiger partial charge on any atom is 0.430 e. The molecule has 252 valence electrons. The van der Waals surface area contributed by atoms with Gasteiger partial charge in [0.15, 0.2) is 5.69 Å². The average molecular weight is 659 g/mol. The number of carboxylic acid groups (broad SMARTS) is 2. The third-order valence-electron chi connectivity index (χ3n) is 7.51. The smallest absolute Gasteiger partial charge is 0.430 e. The monoisotopic (exact) mass is 658 g/mol. The van der Waals surface area contributed by atoms with E-state index in [0.29, 0.717) is 19.3 Å². The number of carbonyl (C=O) groups is 4. The van der Waals surface area contributed by atoms with Gasteiger partial charge in [-0.2, -0.15) is 13.2 Å². The summed E-state index contributed by atoms with van der Waals surface area (Å²) in [5, 5.41) is 22.1. The van der Waals surface area contributed by atoms with Crippen LogP contribution in [0.2, 0.25) is 0 Å². The van der Waals surface area contributed by atoms with Gasteiger partial charge in [-0.05, 0) is 67.8 Å². The lowest BCUT2D eigenvalue weighted by Crippen LogP contribution is -2.37. The minimum Gasteiger partial charge on any atom is -0.542 e. The zero-order chi connectivity index (χ0) is 34.7. The highest BCUT2D eigenvalue weighted by Gasteiger charge is 2.29. The van der Waals surface area contributed by atoms with Gasteiger partial charge in [0.2, 0.25) is 5.91 Å². The number of carboxylic acids is 2. The highest BCUT2D eigenvalue weighted by molar-refractivity contribution is 5.91. The van der Waals surface area contributed by atoms with Gasteiger partial charge in [-0.3, -0.25) is 9.59 Å². The fourth-order valence-electron chi connectivity index (χ4n) is 4.94. The molecular weight excluding hydrogens is 621 g/mol. The van der Waals surface area contributed by atoms with Crippen LogP contribution in [0, 0.1) is 6.92 Å². The minimum atomic E-state index is -5.19. The minimum absolute atomic E-state index is 0.103. The van der Waals surface area contributed by atoms with Crippen LogP contribution in [0.4, 0.5) is 13.2 Å². The lowest BCUT2D eigenvalue weighted by molar-refractivity contribution is -0.391. The van der Waals surface area contributed by atoms with Crippen LogP contribution in [0.1, 0.15) is 78.9 Å². The molecule has 2 aromatic carbocycles. The number of alkyl halides is 3. The Balaban J connectivity index is 0.000000771. The van der Waals surface area contributed by atoms with E-state index in [9.17, 15) is 32.7 Å². The van der Waals surface area contributed by atoms with E-state index in [4.69, 9.17) is 14.6 Å². The molecule has 4 aromatic rings. The highest BCUT2D eigenvalue weighted by Crippen LogP contribution is 2.27. The number of aromatic amines is 3. The number of aromatic carboxylic acids is 1. The molecule has 0 saturated heterocycles. The molecular formula is C33H37F3N4O7. The second-order valence-corrected chi connectivity index (χ2v) is 10.8. The van der Waals surface area contributed by atoms with Crippen LogP contribution in [-0.4, -0.2) is 52.0 Å². The van der Waals surface area contributed by atoms with Crippen LogP contribution >= 0.6 is 0 Å². The van der Waals surface area contributed by atoms with E-state index < -0.39 is 18.1 Å². The molecule has 0 aliphatic rings. The number of hydrogen-bond donors (Lipinski definition) is 4. The average Bonchev–Trinajstić information content (AvgIpc) is 3.64. The quantitative estimate of drug-likeness (QED) is 0.143. The van der Waals surface area contributed by atoms with Crippen LogP contribution in [-0.2, 0) is 20.8 Å². The topological polar surface area (TPSA) is 179 Å². The number of ketones is 1. The molecule has 0 aliphatic heterocycles. The molecule has 47 heavy (non-hydrogen) atoms. The van der Waals surface area contributed by atoms with Gasteiger partial charge in [0, 0.05) is 35.0 Å². The van der Waals surface area contributed by atoms with E-state index in [1.54, 1.807) is 31.4 Å². The third kappa shape index (κ3) is 10.4. The molecule has 4 rings (SSSR count). The van der Waals surface area contributed by atoms with Gasteiger partial charge in [0.25, 0.3) is 5.82 Å². The van der Waals surface area contributed by atoms with Gasteiger partial charge < -0.3 is 30.0 Å². The number of aromatic nitrogens is 3. The Kier molecular flexibility index (Phi) is 12.7. The first kappa shape index (κ1) is 36.3. The zero-order valence-electron chi connectivity index (χ0n) is 26.2. The molecule has 2 aromatic heterocycles. The van der Waals surface area contributed by atoms with Crippen molar-refractivity contribution in [3.8, 4) is 17.0 Å². The van der Waals surface area contributed by atoms with Crippen molar-refractivity contribution in [3.05, 3.63) is 71.3 Å². The Labute approximate surface area is 268 Å². The summed E-state index contributed by atoms with van der Waals surface area (Å²) in [6, 6.07) is 12.1. The number of amides is 1. The number of carbonyl (C=O) groups excluding carboxylic acids is 3. The lowest BCUT2D eigenvalue weighted by atomic mass is 10.0. The number of methoxy groups -OCH3 is 1. The summed E-state index contributed by atoms with van der Waals surface area (Å²) < 4.78 is 36.9. The molecule has 0 fully saturated rings. The van der Waals surface area contributed by atoms with Gasteiger partial charge in [0.05, 0.1) is 19.1 Å². The molecule has 14 heteroatoms. The number of ether oxygens (including phenoxy) is 1. The number of unbranched alkanes of at least 4 members (excludes halogenated alkanes) is 2. The second-order valence-electron chi connectivity index (χ2n) is 10.8. The number of hydrogen-bond acceptors (Lipinski definition) is 6. The van der Waals surface area contributed by atoms with E-state index in [2.05, 4.69) is 20.3 Å².